The SMILES string of the molecule is COc1cc(O)n([C@@H](CC2CCCC2)C(=O)Nc2ncc(Cl)s2)c1. The van der Waals surface area contributed by atoms with Gasteiger partial charge in [-0.3, -0.25) is 4.79 Å². The number of rotatable bonds is 6. The van der Waals surface area contributed by atoms with Gasteiger partial charge >= 0.3 is 0 Å². The Morgan fingerprint density at radius 1 is 1.58 bits per heavy atom. The molecule has 1 aliphatic carbocycles. The molecule has 2 aromatic rings. The van der Waals surface area contributed by atoms with Crippen LogP contribution >= 0.6 is 22.9 Å². The highest BCUT2D eigenvalue weighted by Crippen LogP contribution is 2.36. The first kappa shape index (κ1) is 17.1. The first-order valence-electron chi connectivity index (χ1n) is 7.94. The van der Waals surface area contributed by atoms with Crippen LogP contribution in [0.3, 0.4) is 0 Å². The number of hydrogen-bond acceptors (Lipinski definition) is 5. The van der Waals surface area contributed by atoms with Gasteiger partial charge in [0.15, 0.2) is 11.0 Å². The van der Waals surface area contributed by atoms with E-state index >= 15 is 0 Å². The largest absolute Gasteiger partial charge is 0.495 e. The highest BCUT2D eigenvalue weighted by atomic mass is 35.5. The number of anilines is 1. The molecule has 6 nitrogen and oxygen atoms in total. The molecule has 1 aliphatic rings. The second kappa shape index (κ2) is 7.44. The van der Waals surface area contributed by atoms with Crippen molar-refractivity contribution < 1.29 is 14.6 Å². The molecular weight excluding hydrogens is 350 g/mol. The van der Waals surface area contributed by atoms with E-state index < -0.39 is 6.04 Å². The predicted octanol–water partition coefficient (Wildman–Crippen LogP) is 4.07. The number of halogens is 1. The van der Waals surface area contributed by atoms with E-state index in [0.717, 1.165) is 12.8 Å². The molecule has 0 saturated heterocycles. The molecule has 2 heterocycles. The normalized spacial score (nSPS) is 16.2. The number of methoxy groups -OCH3 is 1. The smallest absolute Gasteiger partial charge is 0.249 e. The summed E-state index contributed by atoms with van der Waals surface area (Å²) in [5.41, 5.74) is 0. The Morgan fingerprint density at radius 3 is 2.92 bits per heavy atom. The van der Waals surface area contributed by atoms with Crippen molar-refractivity contribution in [3.63, 3.8) is 0 Å². The maximum atomic E-state index is 12.8. The van der Waals surface area contributed by atoms with Crippen LogP contribution in [0.5, 0.6) is 11.6 Å². The van der Waals surface area contributed by atoms with Crippen molar-refractivity contribution in [3.05, 3.63) is 22.8 Å². The summed E-state index contributed by atoms with van der Waals surface area (Å²) in [6.45, 7) is 0. The van der Waals surface area contributed by atoms with Gasteiger partial charge in [0.1, 0.15) is 16.1 Å². The van der Waals surface area contributed by atoms with Gasteiger partial charge in [-0.15, -0.1) is 0 Å². The fourth-order valence-electron chi connectivity index (χ4n) is 3.21. The lowest BCUT2D eigenvalue weighted by Crippen LogP contribution is -2.27. The molecule has 2 N–H and O–H groups in total. The van der Waals surface area contributed by atoms with Crippen LogP contribution < -0.4 is 10.1 Å². The lowest BCUT2D eigenvalue weighted by Gasteiger charge is -2.21. The zero-order chi connectivity index (χ0) is 17.1. The number of hydrogen-bond donors (Lipinski definition) is 2. The number of aromatic hydroxyl groups is 1. The van der Waals surface area contributed by atoms with Gasteiger partial charge in [-0.25, -0.2) is 4.98 Å². The van der Waals surface area contributed by atoms with Crippen molar-refractivity contribution in [1.29, 1.82) is 0 Å². The number of nitrogens with one attached hydrogen (secondary N) is 1. The van der Waals surface area contributed by atoms with E-state index in [1.165, 1.54) is 43.6 Å². The lowest BCUT2D eigenvalue weighted by molar-refractivity contribution is -0.119. The van der Waals surface area contributed by atoms with Crippen molar-refractivity contribution in [2.24, 2.45) is 5.92 Å². The minimum absolute atomic E-state index is 0.0159. The van der Waals surface area contributed by atoms with Gasteiger partial charge < -0.3 is 19.7 Å². The Balaban J connectivity index is 1.82. The molecule has 0 aromatic carbocycles. The summed E-state index contributed by atoms with van der Waals surface area (Å²) in [4.78, 5) is 16.9. The zero-order valence-electron chi connectivity index (χ0n) is 13.4. The predicted molar refractivity (Wildman–Crippen MR) is 94.0 cm³/mol. The molecule has 1 fully saturated rings. The highest BCUT2D eigenvalue weighted by molar-refractivity contribution is 7.19. The first-order chi connectivity index (χ1) is 11.6. The lowest BCUT2D eigenvalue weighted by atomic mass is 9.97. The number of nitrogens with zero attached hydrogens (tertiary/aromatic N) is 2. The van der Waals surface area contributed by atoms with Crippen LogP contribution in [0.15, 0.2) is 18.5 Å². The molecule has 0 aliphatic heterocycles. The molecule has 1 amide bonds. The number of amides is 1. The molecule has 24 heavy (non-hydrogen) atoms. The molecule has 0 bridgehead atoms. The number of thiazole rings is 1. The molecule has 8 heteroatoms. The van der Waals surface area contributed by atoms with E-state index in [1.54, 1.807) is 10.8 Å². The minimum atomic E-state index is -0.514. The molecule has 0 spiro atoms. The second-order valence-corrected chi connectivity index (χ2v) is 7.67. The van der Waals surface area contributed by atoms with Gasteiger partial charge in [-0.1, -0.05) is 48.6 Å². The molecule has 1 saturated carbocycles. The van der Waals surface area contributed by atoms with E-state index in [-0.39, 0.29) is 11.8 Å². The van der Waals surface area contributed by atoms with Crippen molar-refractivity contribution in [1.82, 2.24) is 9.55 Å². The standard InChI is InChI=1S/C16H20ClN3O3S/c1-23-11-7-14(21)20(9-11)12(6-10-4-2-3-5-10)15(22)19-16-18-8-13(17)24-16/h7-10,12,21H,2-6H2,1H3,(H,18,19,22)/t12-/m0/s1. The number of carbonyl (C=O) groups is 1. The Kier molecular flexibility index (Phi) is 5.30. The summed E-state index contributed by atoms with van der Waals surface area (Å²) in [5, 5.41) is 13.5. The Hall–Kier alpha value is -1.73. The van der Waals surface area contributed by atoms with Gasteiger partial charge in [-0.2, -0.15) is 0 Å². The van der Waals surface area contributed by atoms with Crippen molar-refractivity contribution in [2.45, 2.75) is 38.1 Å². The van der Waals surface area contributed by atoms with Crippen LogP contribution in [0.2, 0.25) is 4.34 Å². The van der Waals surface area contributed by atoms with E-state index in [2.05, 4.69) is 10.3 Å². The topological polar surface area (TPSA) is 76.4 Å². The van der Waals surface area contributed by atoms with Crippen LogP contribution in [-0.2, 0) is 4.79 Å². The van der Waals surface area contributed by atoms with E-state index in [4.69, 9.17) is 16.3 Å². The number of ether oxygens (including phenoxy) is 1. The quantitative estimate of drug-likeness (QED) is 0.804. The Morgan fingerprint density at radius 2 is 2.33 bits per heavy atom. The van der Waals surface area contributed by atoms with Crippen LogP contribution in [0.25, 0.3) is 0 Å². The summed E-state index contributed by atoms with van der Waals surface area (Å²) in [5.74, 6) is 0.811. The van der Waals surface area contributed by atoms with Crippen molar-refractivity contribution >= 4 is 34.0 Å². The third kappa shape index (κ3) is 3.84. The molecule has 0 radical (unpaired) electrons. The first-order valence-corrected chi connectivity index (χ1v) is 9.13. The number of aromatic nitrogens is 2. The summed E-state index contributed by atoms with van der Waals surface area (Å²) < 4.78 is 7.24. The third-order valence-electron chi connectivity index (χ3n) is 4.42. The van der Waals surface area contributed by atoms with Crippen molar-refractivity contribution in [2.75, 3.05) is 12.4 Å². The van der Waals surface area contributed by atoms with Gasteiger partial charge in [0.05, 0.1) is 19.5 Å². The average Bonchev–Trinajstić information content (AvgIpc) is 3.27. The van der Waals surface area contributed by atoms with Gasteiger partial charge in [0.25, 0.3) is 0 Å². The van der Waals surface area contributed by atoms with Gasteiger partial charge in [0.2, 0.25) is 5.91 Å². The summed E-state index contributed by atoms with van der Waals surface area (Å²) >= 11 is 7.08. The fourth-order valence-corrected chi connectivity index (χ4v) is 4.03. The Labute approximate surface area is 149 Å². The maximum absolute atomic E-state index is 12.8. The molecule has 2 aromatic heterocycles. The summed E-state index contributed by atoms with van der Waals surface area (Å²) in [6, 6.07) is 0.995. The third-order valence-corrected chi connectivity index (χ3v) is 5.45. The number of carbonyl (C=O) groups excluding carboxylic acids is 1. The molecule has 130 valence electrons. The van der Waals surface area contributed by atoms with Gasteiger partial charge in [-0.05, 0) is 12.3 Å². The molecule has 0 unspecified atom stereocenters. The average molecular weight is 370 g/mol. The summed E-state index contributed by atoms with van der Waals surface area (Å²) in [7, 11) is 1.53. The van der Waals surface area contributed by atoms with Gasteiger partial charge in [0, 0.05) is 6.07 Å². The fraction of sp³-hybridized carbons (Fsp3) is 0.500. The van der Waals surface area contributed by atoms with Crippen LogP contribution in [0.4, 0.5) is 5.13 Å². The van der Waals surface area contributed by atoms with E-state index in [0.29, 0.717) is 27.6 Å². The molecule has 1 atom stereocenters. The zero-order valence-corrected chi connectivity index (χ0v) is 14.9. The van der Waals surface area contributed by atoms with Crippen LogP contribution in [0, 0.1) is 5.92 Å². The monoisotopic (exact) mass is 369 g/mol. The highest BCUT2D eigenvalue weighted by Gasteiger charge is 2.29. The van der Waals surface area contributed by atoms with Crippen LogP contribution in [0.1, 0.15) is 38.1 Å². The second-order valence-electron chi connectivity index (χ2n) is 6.01. The van der Waals surface area contributed by atoms with Crippen molar-refractivity contribution in [3.8, 4) is 11.6 Å². The van der Waals surface area contributed by atoms with E-state index in [1.807, 2.05) is 0 Å². The van der Waals surface area contributed by atoms with Crippen LogP contribution in [-0.4, -0.2) is 27.7 Å². The molecule has 3 rings (SSSR count). The summed E-state index contributed by atoms with van der Waals surface area (Å²) in [6.07, 6.45) is 8.46. The minimum Gasteiger partial charge on any atom is -0.495 e. The molecular formula is C16H20ClN3O3S. The maximum Gasteiger partial charge on any atom is 0.249 e. The van der Waals surface area contributed by atoms with E-state index in [9.17, 15) is 9.90 Å². The Bertz CT molecular complexity index is 709.